The molecule has 0 aliphatic carbocycles. The number of aromatic nitrogens is 3. The van der Waals surface area contributed by atoms with Gasteiger partial charge in [0.2, 0.25) is 5.91 Å². The summed E-state index contributed by atoms with van der Waals surface area (Å²) in [5.41, 5.74) is 0.773. The van der Waals surface area contributed by atoms with Gasteiger partial charge in [-0.05, 0) is 19.1 Å². The third-order valence-electron chi connectivity index (χ3n) is 4.48. The van der Waals surface area contributed by atoms with Gasteiger partial charge in [-0.15, -0.1) is 10.2 Å². The predicted octanol–water partition coefficient (Wildman–Crippen LogP) is 1.89. The van der Waals surface area contributed by atoms with Crippen LogP contribution in [-0.2, 0) is 4.79 Å². The molecule has 0 atom stereocenters. The Morgan fingerprint density at radius 2 is 2.07 bits per heavy atom. The van der Waals surface area contributed by atoms with Crippen molar-refractivity contribution in [1.82, 2.24) is 15.1 Å². The molecule has 1 amide bonds. The maximum absolute atomic E-state index is 12.5. The average molecular weight is 386 g/mol. The summed E-state index contributed by atoms with van der Waals surface area (Å²) in [4.78, 5) is 19.8. The maximum atomic E-state index is 12.5. The number of H-pyrrole nitrogens is 1. The standard InChI is InChI=1S/C18H19N5O3S/c1-13-14(5-11-25-13)17-20-21-18(26-17)27-12-16(24)23-9-7-22(8-10-23)15-4-2-3-6-19-15/h2-6,11H,7-10,12H2,1H3/p+1. The van der Waals surface area contributed by atoms with Gasteiger partial charge < -0.3 is 13.7 Å². The summed E-state index contributed by atoms with van der Waals surface area (Å²) in [6.07, 6.45) is 3.49. The Labute approximate surface area is 160 Å². The minimum Gasteiger partial charge on any atom is -0.469 e. The number of hydrogen-bond acceptors (Lipinski definition) is 7. The number of aryl methyl sites for hydroxylation is 1. The number of hydrogen-bond donors (Lipinski definition) is 0. The SMILES string of the molecule is Cc1occc1-c1nnc(SCC(=O)N2CCN(c3cccc[nH+]3)CC2)o1. The van der Waals surface area contributed by atoms with Crippen LogP contribution < -0.4 is 9.88 Å². The van der Waals surface area contributed by atoms with E-state index in [1.807, 2.05) is 36.2 Å². The van der Waals surface area contributed by atoms with Gasteiger partial charge in [-0.25, -0.2) is 4.98 Å². The number of rotatable bonds is 5. The number of carbonyl (C=O) groups excluding carboxylic acids is 1. The molecule has 4 rings (SSSR count). The van der Waals surface area contributed by atoms with Crippen LogP contribution in [0, 0.1) is 6.92 Å². The number of aromatic amines is 1. The van der Waals surface area contributed by atoms with Crippen LogP contribution in [0.1, 0.15) is 5.76 Å². The van der Waals surface area contributed by atoms with Gasteiger partial charge in [-0.1, -0.05) is 17.8 Å². The van der Waals surface area contributed by atoms with Crippen LogP contribution in [0.25, 0.3) is 11.5 Å². The summed E-state index contributed by atoms with van der Waals surface area (Å²) in [5.74, 6) is 2.57. The Hall–Kier alpha value is -2.81. The topological polar surface area (TPSA) is 89.8 Å². The first-order valence-corrected chi connectivity index (χ1v) is 9.69. The maximum Gasteiger partial charge on any atom is 0.277 e. The van der Waals surface area contributed by atoms with Gasteiger partial charge in [-0.3, -0.25) is 9.69 Å². The fraction of sp³-hybridized carbons (Fsp3) is 0.333. The highest BCUT2D eigenvalue weighted by atomic mass is 32.2. The van der Waals surface area contributed by atoms with E-state index in [9.17, 15) is 4.79 Å². The molecule has 0 aromatic carbocycles. The van der Waals surface area contributed by atoms with E-state index in [0.29, 0.717) is 24.2 Å². The van der Waals surface area contributed by atoms with Crippen molar-refractivity contribution >= 4 is 23.5 Å². The highest BCUT2D eigenvalue weighted by Crippen LogP contribution is 2.26. The quantitative estimate of drug-likeness (QED) is 0.619. The van der Waals surface area contributed by atoms with Gasteiger partial charge >= 0.3 is 0 Å². The van der Waals surface area contributed by atoms with Gasteiger partial charge in [0.25, 0.3) is 16.9 Å². The number of anilines is 1. The summed E-state index contributed by atoms with van der Waals surface area (Å²) in [5, 5.41) is 8.41. The number of piperazine rings is 1. The molecule has 3 aromatic heterocycles. The predicted molar refractivity (Wildman–Crippen MR) is 99.3 cm³/mol. The van der Waals surface area contributed by atoms with Gasteiger partial charge in [0, 0.05) is 6.07 Å². The van der Waals surface area contributed by atoms with Gasteiger partial charge in [0.15, 0.2) is 0 Å². The number of nitrogens with zero attached hydrogens (tertiary/aromatic N) is 4. The minimum absolute atomic E-state index is 0.0796. The number of pyridine rings is 1. The van der Waals surface area contributed by atoms with Crippen molar-refractivity contribution in [3.8, 4) is 11.5 Å². The molecule has 3 aromatic rings. The molecule has 0 radical (unpaired) electrons. The molecule has 0 saturated carbocycles. The Morgan fingerprint density at radius 1 is 1.22 bits per heavy atom. The van der Waals surface area contributed by atoms with Crippen LogP contribution in [0.4, 0.5) is 5.82 Å². The van der Waals surface area contributed by atoms with Gasteiger partial charge in [-0.2, -0.15) is 0 Å². The van der Waals surface area contributed by atoms with Crippen molar-refractivity contribution in [2.45, 2.75) is 12.1 Å². The van der Waals surface area contributed by atoms with E-state index in [0.717, 1.165) is 30.2 Å². The average Bonchev–Trinajstić information content (AvgIpc) is 3.35. The normalized spacial score (nSPS) is 14.6. The molecule has 1 saturated heterocycles. The zero-order chi connectivity index (χ0) is 18.6. The molecule has 8 nitrogen and oxygen atoms in total. The van der Waals surface area contributed by atoms with E-state index in [1.54, 1.807) is 12.3 Å². The van der Waals surface area contributed by atoms with Crippen molar-refractivity contribution in [3.63, 3.8) is 0 Å². The summed E-state index contributed by atoms with van der Waals surface area (Å²) < 4.78 is 10.9. The molecule has 140 valence electrons. The van der Waals surface area contributed by atoms with E-state index in [4.69, 9.17) is 8.83 Å². The van der Waals surface area contributed by atoms with Crippen LogP contribution in [0.5, 0.6) is 0 Å². The lowest BCUT2D eigenvalue weighted by Gasteiger charge is -2.30. The molecule has 1 aliphatic rings. The van der Waals surface area contributed by atoms with Crippen molar-refractivity contribution in [2.24, 2.45) is 0 Å². The number of thioether (sulfide) groups is 1. The summed E-state index contributed by atoms with van der Waals surface area (Å²) >= 11 is 1.26. The lowest BCUT2D eigenvalue weighted by molar-refractivity contribution is -0.364. The molecule has 1 N–H and O–H groups in total. The lowest BCUT2D eigenvalue weighted by Crippen LogP contribution is -2.50. The lowest BCUT2D eigenvalue weighted by atomic mass is 10.3. The van der Waals surface area contributed by atoms with E-state index in [-0.39, 0.29) is 11.7 Å². The number of carbonyl (C=O) groups is 1. The van der Waals surface area contributed by atoms with Crippen molar-refractivity contribution in [1.29, 1.82) is 0 Å². The number of amides is 1. The Bertz CT molecular complexity index is 903. The van der Waals surface area contributed by atoms with E-state index < -0.39 is 0 Å². The summed E-state index contributed by atoms with van der Waals surface area (Å²) in [6.45, 7) is 4.85. The van der Waals surface area contributed by atoms with E-state index >= 15 is 0 Å². The molecule has 1 aliphatic heterocycles. The third kappa shape index (κ3) is 3.97. The van der Waals surface area contributed by atoms with Crippen LogP contribution in [0.15, 0.2) is 50.8 Å². The minimum atomic E-state index is 0.0796. The molecular formula is C18H20N5O3S+. The summed E-state index contributed by atoms with van der Waals surface area (Å²) in [7, 11) is 0. The molecule has 27 heavy (non-hydrogen) atoms. The van der Waals surface area contributed by atoms with Crippen LogP contribution in [-0.4, -0.2) is 52.9 Å². The largest absolute Gasteiger partial charge is 0.469 e. The smallest absolute Gasteiger partial charge is 0.277 e. The van der Waals surface area contributed by atoms with Gasteiger partial charge in [0.05, 0.1) is 36.9 Å². The van der Waals surface area contributed by atoms with Crippen molar-refractivity contribution < 1.29 is 18.6 Å². The van der Waals surface area contributed by atoms with Crippen LogP contribution in [0.2, 0.25) is 0 Å². The molecule has 0 unspecified atom stereocenters. The van der Waals surface area contributed by atoms with E-state index in [2.05, 4.69) is 20.1 Å². The fourth-order valence-electron chi connectivity index (χ4n) is 2.98. The highest BCUT2D eigenvalue weighted by Gasteiger charge is 2.26. The van der Waals surface area contributed by atoms with Crippen molar-refractivity contribution in [2.75, 3.05) is 36.8 Å². The van der Waals surface area contributed by atoms with E-state index in [1.165, 1.54) is 11.8 Å². The number of nitrogens with one attached hydrogen (secondary N) is 1. The zero-order valence-corrected chi connectivity index (χ0v) is 15.7. The monoisotopic (exact) mass is 386 g/mol. The zero-order valence-electron chi connectivity index (χ0n) is 14.9. The molecular weight excluding hydrogens is 366 g/mol. The molecule has 0 spiro atoms. The third-order valence-corrected chi connectivity index (χ3v) is 5.28. The summed E-state index contributed by atoms with van der Waals surface area (Å²) in [6, 6.07) is 7.79. The van der Waals surface area contributed by atoms with Crippen molar-refractivity contribution in [3.05, 3.63) is 42.5 Å². The molecule has 9 heteroatoms. The fourth-order valence-corrected chi connectivity index (χ4v) is 3.64. The Balaban J connectivity index is 1.28. The first-order valence-electron chi connectivity index (χ1n) is 8.71. The highest BCUT2D eigenvalue weighted by molar-refractivity contribution is 7.99. The first-order chi connectivity index (χ1) is 13.2. The Morgan fingerprint density at radius 3 is 2.78 bits per heavy atom. The Kier molecular flexibility index (Phi) is 5.10. The first kappa shape index (κ1) is 17.6. The number of furan rings is 1. The molecule has 0 bridgehead atoms. The van der Waals surface area contributed by atoms with Crippen LogP contribution >= 0.6 is 11.8 Å². The molecule has 4 heterocycles. The second-order valence-corrected chi connectivity index (χ2v) is 7.09. The molecule has 1 fully saturated rings. The van der Waals surface area contributed by atoms with Crippen LogP contribution in [0.3, 0.4) is 0 Å². The second-order valence-electron chi connectivity index (χ2n) is 6.17. The van der Waals surface area contributed by atoms with Gasteiger partial charge in [0.1, 0.15) is 18.8 Å². The second kappa shape index (κ2) is 7.83.